The molecule has 0 aliphatic rings. The molecule has 0 bridgehead atoms. The summed E-state index contributed by atoms with van der Waals surface area (Å²) in [6, 6.07) is 4.93. The third-order valence-corrected chi connectivity index (χ3v) is 3.79. The highest BCUT2D eigenvalue weighted by Gasteiger charge is 2.11. The van der Waals surface area contributed by atoms with Gasteiger partial charge in [0.1, 0.15) is 0 Å². The Labute approximate surface area is 124 Å². The molecular formula is C17H30N2O. The highest BCUT2D eigenvalue weighted by Crippen LogP contribution is 2.23. The molecule has 3 heteroatoms. The normalized spacial score (nSPS) is 12.9. The number of nitrogens with one attached hydrogen (secondary N) is 1. The van der Waals surface area contributed by atoms with E-state index < -0.39 is 0 Å². The second kappa shape index (κ2) is 8.40. The van der Waals surface area contributed by atoms with Crippen molar-refractivity contribution >= 4 is 0 Å². The summed E-state index contributed by atoms with van der Waals surface area (Å²) in [6.07, 6.45) is 0. The molecule has 1 unspecified atom stereocenters. The number of ether oxygens (including phenoxy) is 1. The van der Waals surface area contributed by atoms with Gasteiger partial charge in [0.05, 0.1) is 6.61 Å². The van der Waals surface area contributed by atoms with Crippen molar-refractivity contribution in [1.82, 2.24) is 10.2 Å². The number of methoxy groups -OCH3 is 1. The van der Waals surface area contributed by atoms with Crippen LogP contribution in [-0.4, -0.2) is 45.3 Å². The summed E-state index contributed by atoms with van der Waals surface area (Å²) in [5, 5.41) is 3.62. The molecule has 0 aliphatic heterocycles. The minimum Gasteiger partial charge on any atom is -0.383 e. The standard InChI is InChI=1S/C17H30N2O/c1-13-11-14(2)17(15(3)12-13)16(4)18-7-8-19(5)9-10-20-6/h11-12,16,18H,7-10H2,1-6H3. The first-order chi connectivity index (χ1) is 9.45. The molecule has 20 heavy (non-hydrogen) atoms. The van der Waals surface area contributed by atoms with Gasteiger partial charge in [0.25, 0.3) is 0 Å². The number of nitrogens with zero attached hydrogens (tertiary/aromatic N) is 1. The second-order valence-corrected chi connectivity index (χ2v) is 5.78. The molecule has 0 saturated carbocycles. The number of rotatable bonds is 8. The maximum Gasteiger partial charge on any atom is 0.0589 e. The fraction of sp³-hybridized carbons (Fsp3) is 0.647. The van der Waals surface area contributed by atoms with E-state index in [1.807, 2.05) is 0 Å². The van der Waals surface area contributed by atoms with Crippen LogP contribution in [-0.2, 0) is 4.74 Å². The summed E-state index contributed by atoms with van der Waals surface area (Å²) in [4.78, 5) is 2.29. The zero-order valence-electron chi connectivity index (χ0n) is 13.9. The van der Waals surface area contributed by atoms with Crippen LogP contribution in [0.1, 0.15) is 35.2 Å². The molecule has 0 fully saturated rings. The highest BCUT2D eigenvalue weighted by molar-refractivity contribution is 5.39. The Balaban J connectivity index is 2.49. The maximum absolute atomic E-state index is 5.09. The topological polar surface area (TPSA) is 24.5 Å². The average Bonchev–Trinajstić information content (AvgIpc) is 2.35. The van der Waals surface area contributed by atoms with E-state index in [9.17, 15) is 0 Å². The van der Waals surface area contributed by atoms with Crippen LogP contribution in [0, 0.1) is 20.8 Å². The fourth-order valence-corrected chi connectivity index (χ4v) is 2.81. The molecule has 1 aromatic rings. The molecule has 1 rings (SSSR count). The summed E-state index contributed by atoms with van der Waals surface area (Å²) in [7, 11) is 3.88. The van der Waals surface area contributed by atoms with Crippen LogP contribution < -0.4 is 5.32 Å². The maximum atomic E-state index is 5.09. The predicted octanol–water partition coefficient (Wildman–Crippen LogP) is 2.84. The minimum atomic E-state index is 0.395. The Morgan fingerprint density at radius 3 is 2.30 bits per heavy atom. The zero-order valence-corrected chi connectivity index (χ0v) is 13.9. The quantitative estimate of drug-likeness (QED) is 0.791. The third-order valence-electron chi connectivity index (χ3n) is 3.79. The molecular weight excluding hydrogens is 248 g/mol. The Kier molecular flexibility index (Phi) is 7.20. The van der Waals surface area contributed by atoms with Gasteiger partial charge in [0.15, 0.2) is 0 Å². The predicted molar refractivity (Wildman–Crippen MR) is 86.4 cm³/mol. The van der Waals surface area contributed by atoms with Gasteiger partial charge in [-0.05, 0) is 51.4 Å². The van der Waals surface area contributed by atoms with E-state index in [4.69, 9.17) is 4.74 Å². The zero-order chi connectivity index (χ0) is 15.1. The largest absolute Gasteiger partial charge is 0.383 e. The van der Waals surface area contributed by atoms with Gasteiger partial charge in [-0.2, -0.15) is 0 Å². The van der Waals surface area contributed by atoms with Gasteiger partial charge in [-0.25, -0.2) is 0 Å². The van der Waals surface area contributed by atoms with Gasteiger partial charge in [0.2, 0.25) is 0 Å². The van der Waals surface area contributed by atoms with Gasteiger partial charge in [0, 0.05) is 32.8 Å². The molecule has 1 atom stereocenters. The summed E-state index contributed by atoms with van der Waals surface area (Å²) >= 11 is 0. The van der Waals surface area contributed by atoms with Crippen LogP contribution >= 0.6 is 0 Å². The minimum absolute atomic E-state index is 0.395. The van der Waals surface area contributed by atoms with Crippen molar-refractivity contribution in [3.8, 4) is 0 Å². The van der Waals surface area contributed by atoms with Crippen molar-refractivity contribution < 1.29 is 4.74 Å². The van der Waals surface area contributed by atoms with Gasteiger partial charge in [-0.1, -0.05) is 17.7 Å². The summed E-state index contributed by atoms with van der Waals surface area (Å²) < 4.78 is 5.09. The van der Waals surface area contributed by atoms with E-state index in [0.717, 1.165) is 26.2 Å². The van der Waals surface area contributed by atoms with E-state index in [-0.39, 0.29) is 0 Å². The lowest BCUT2D eigenvalue weighted by Crippen LogP contribution is -2.32. The molecule has 0 amide bonds. The molecule has 3 nitrogen and oxygen atoms in total. The van der Waals surface area contributed by atoms with Crippen molar-refractivity contribution in [2.24, 2.45) is 0 Å². The van der Waals surface area contributed by atoms with E-state index in [0.29, 0.717) is 6.04 Å². The molecule has 0 saturated heterocycles. The van der Waals surface area contributed by atoms with E-state index >= 15 is 0 Å². The number of hydrogen-bond acceptors (Lipinski definition) is 3. The second-order valence-electron chi connectivity index (χ2n) is 5.78. The Bertz CT molecular complexity index is 394. The SMILES string of the molecule is COCCN(C)CCNC(C)c1c(C)cc(C)cc1C. The Morgan fingerprint density at radius 1 is 1.15 bits per heavy atom. The summed E-state index contributed by atoms with van der Waals surface area (Å²) in [6.45, 7) is 12.6. The average molecular weight is 278 g/mol. The van der Waals surface area contributed by atoms with Gasteiger partial charge in [-0.3, -0.25) is 0 Å². The highest BCUT2D eigenvalue weighted by atomic mass is 16.5. The van der Waals surface area contributed by atoms with Gasteiger partial charge >= 0.3 is 0 Å². The monoisotopic (exact) mass is 278 g/mol. The first kappa shape index (κ1) is 17.2. The van der Waals surface area contributed by atoms with E-state index in [1.165, 1.54) is 22.3 Å². The Hall–Kier alpha value is -0.900. The lowest BCUT2D eigenvalue weighted by Gasteiger charge is -2.22. The lowest BCUT2D eigenvalue weighted by atomic mass is 9.95. The van der Waals surface area contributed by atoms with Crippen LogP contribution in [0.5, 0.6) is 0 Å². The molecule has 1 N–H and O–H groups in total. The van der Waals surface area contributed by atoms with Crippen molar-refractivity contribution in [3.63, 3.8) is 0 Å². The molecule has 0 radical (unpaired) electrons. The number of likely N-dealkylation sites (N-methyl/N-ethyl adjacent to an activating group) is 1. The number of hydrogen-bond donors (Lipinski definition) is 1. The summed E-state index contributed by atoms with van der Waals surface area (Å²) in [5.41, 5.74) is 5.55. The molecule has 0 spiro atoms. The molecule has 1 aromatic carbocycles. The van der Waals surface area contributed by atoms with Gasteiger partial charge in [-0.15, -0.1) is 0 Å². The van der Waals surface area contributed by atoms with Crippen molar-refractivity contribution in [1.29, 1.82) is 0 Å². The Morgan fingerprint density at radius 2 is 1.75 bits per heavy atom. The van der Waals surface area contributed by atoms with E-state index in [1.54, 1.807) is 7.11 Å². The van der Waals surface area contributed by atoms with Crippen molar-refractivity contribution in [2.45, 2.75) is 33.7 Å². The van der Waals surface area contributed by atoms with Crippen molar-refractivity contribution in [3.05, 3.63) is 34.4 Å². The number of benzene rings is 1. The molecule has 0 aromatic heterocycles. The lowest BCUT2D eigenvalue weighted by molar-refractivity contribution is 0.161. The molecule has 0 heterocycles. The van der Waals surface area contributed by atoms with Gasteiger partial charge < -0.3 is 15.0 Å². The molecule has 114 valence electrons. The smallest absolute Gasteiger partial charge is 0.0589 e. The number of aryl methyl sites for hydroxylation is 3. The first-order valence-corrected chi connectivity index (χ1v) is 7.44. The third kappa shape index (κ3) is 5.23. The van der Waals surface area contributed by atoms with Crippen molar-refractivity contribution in [2.75, 3.05) is 40.4 Å². The van der Waals surface area contributed by atoms with Crippen LogP contribution in [0.3, 0.4) is 0 Å². The van der Waals surface area contributed by atoms with Crippen LogP contribution in [0.4, 0.5) is 0 Å². The fourth-order valence-electron chi connectivity index (χ4n) is 2.81. The van der Waals surface area contributed by atoms with E-state index in [2.05, 4.69) is 57.1 Å². The molecule has 0 aliphatic carbocycles. The summed E-state index contributed by atoms with van der Waals surface area (Å²) in [5.74, 6) is 0. The van der Waals surface area contributed by atoms with Crippen LogP contribution in [0.2, 0.25) is 0 Å². The first-order valence-electron chi connectivity index (χ1n) is 7.44. The van der Waals surface area contributed by atoms with Crippen LogP contribution in [0.25, 0.3) is 0 Å². The van der Waals surface area contributed by atoms with Crippen LogP contribution in [0.15, 0.2) is 12.1 Å².